The molecular formula is C23H17BrClNO. The fourth-order valence-corrected chi connectivity index (χ4v) is 5.01. The van der Waals surface area contributed by atoms with E-state index in [0.717, 1.165) is 24.0 Å². The lowest BCUT2D eigenvalue weighted by Crippen LogP contribution is -1.97. The maximum absolute atomic E-state index is 9.40. The van der Waals surface area contributed by atoms with E-state index in [0.29, 0.717) is 20.8 Å². The Labute approximate surface area is 172 Å². The first-order valence-electron chi connectivity index (χ1n) is 8.80. The van der Waals surface area contributed by atoms with Crippen molar-refractivity contribution in [1.82, 2.24) is 0 Å². The highest BCUT2D eigenvalue weighted by molar-refractivity contribution is 9.10. The van der Waals surface area contributed by atoms with Crippen LogP contribution < -0.4 is 4.74 Å². The van der Waals surface area contributed by atoms with Crippen molar-refractivity contribution in [2.24, 2.45) is 0 Å². The van der Waals surface area contributed by atoms with Crippen molar-refractivity contribution in [3.05, 3.63) is 74.2 Å². The molecule has 0 aromatic heterocycles. The topological polar surface area (TPSA) is 33.0 Å². The summed E-state index contributed by atoms with van der Waals surface area (Å²) in [6.07, 6.45) is 1.86. The molecule has 27 heavy (non-hydrogen) atoms. The summed E-state index contributed by atoms with van der Waals surface area (Å²) in [6, 6.07) is 16.9. The van der Waals surface area contributed by atoms with Gasteiger partial charge in [-0.15, -0.1) is 0 Å². The van der Waals surface area contributed by atoms with Gasteiger partial charge >= 0.3 is 0 Å². The van der Waals surface area contributed by atoms with Gasteiger partial charge in [-0.05, 0) is 68.2 Å². The van der Waals surface area contributed by atoms with E-state index in [1.807, 2.05) is 6.07 Å². The molecule has 3 aromatic rings. The maximum Gasteiger partial charge on any atom is 0.142 e. The molecule has 0 bridgehead atoms. The van der Waals surface area contributed by atoms with Crippen molar-refractivity contribution >= 4 is 27.5 Å². The molecule has 4 heteroatoms. The normalized spacial score (nSPS) is 11.7. The van der Waals surface area contributed by atoms with Crippen LogP contribution in [0.5, 0.6) is 5.75 Å². The molecule has 0 fully saturated rings. The standard InChI is InChI=1S/C23H17BrClNO/c1-3-13-8-9-16(17-10-14-6-4-5-7-15(14)21(13)17)18-11-20(25)19(12-26)22(24)23(18)27-2/h4-9,11H,3,10H2,1-2H3. The zero-order valence-electron chi connectivity index (χ0n) is 15.1. The quantitative estimate of drug-likeness (QED) is 0.353. The summed E-state index contributed by atoms with van der Waals surface area (Å²) < 4.78 is 6.26. The number of hydrogen-bond acceptors (Lipinski definition) is 2. The average Bonchev–Trinajstić information content (AvgIpc) is 3.07. The molecule has 4 rings (SSSR count). The fraction of sp³-hybridized carbons (Fsp3) is 0.174. The zero-order chi connectivity index (χ0) is 19.1. The van der Waals surface area contributed by atoms with Crippen molar-refractivity contribution in [1.29, 1.82) is 5.26 Å². The third-order valence-electron chi connectivity index (χ3n) is 5.21. The van der Waals surface area contributed by atoms with Gasteiger partial charge in [-0.1, -0.05) is 54.9 Å². The summed E-state index contributed by atoms with van der Waals surface area (Å²) in [7, 11) is 1.62. The molecule has 134 valence electrons. The van der Waals surface area contributed by atoms with E-state index in [4.69, 9.17) is 16.3 Å². The number of ether oxygens (including phenoxy) is 1. The SMILES string of the molecule is CCc1ccc(-c2cc(Cl)c(C#N)c(Br)c2OC)c2c1-c1ccccc1C2. The van der Waals surface area contributed by atoms with Gasteiger partial charge in [0.2, 0.25) is 0 Å². The van der Waals surface area contributed by atoms with Crippen LogP contribution >= 0.6 is 27.5 Å². The molecule has 2 nitrogen and oxygen atoms in total. The van der Waals surface area contributed by atoms with Crippen molar-refractivity contribution in [2.75, 3.05) is 7.11 Å². The number of halogens is 2. The second kappa shape index (κ2) is 7.03. The van der Waals surface area contributed by atoms with Gasteiger partial charge in [0.05, 0.1) is 22.2 Å². The Morgan fingerprint density at radius 1 is 1.15 bits per heavy atom. The monoisotopic (exact) mass is 437 g/mol. The molecular weight excluding hydrogens is 422 g/mol. The first-order chi connectivity index (χ1) is 13.1. The molecule has 0 saturated carbocycles. The predicted octanol–water partition coefficient (Wildman–Crippen LogP) is 6.78. The van der Waals surface area contributed by atoms with E-state index in [1.54, 1.807) is 7.11 Å². The minimum atomic E-state index is 0.391. The molecule has 0 heterocycles. The van der Waals surface area contributed by atoms with Crippen molar-refractivity contribution in [2.45, 2.75) is 19.8 Å². The van der Waals surface area contributed by atoms with Crippen LogP contribution in [0.15, 0.2) is 46.9 Å². The molecule has 0 atom stereocenters. The van der Waals surface area contributed by atoms with Crippen LogP contribution in [0.3, 0.4) is 0 Å². The Hall–Kier alpha value is -2.28. The number of rotatable bonds is 3. The third-order valence-corrected chi connectivity index (χ3v) is 6.27. The van der Waals surface area contributed by atoms with Gasteiger partial charge in [0.25, 0.3) is 0 Å². The zero-order valence-corrected chi connectivity index (χ0v) is 17.4. The van der Waals surface area contributed by atoms with E-state index in [9.17, 15) is 5.26 Å². The molecule has 0 spiro atoms. The number of nitriles is 1. The smallest absolute Gasteiger partial charge is 0.142 e. The molecule has 1 aliphatic carbocycles. The lowest BCUT2D eigenvalue weighted by molar-refractivity contribution is 0.413. The lowest BCUT2D eigenvalue weighted by Gasteiger charge is -2.17. The van der Waals surface area contributed by atoms with Gasteiger partial charge in [0.1, 0.15) is 11.8 Å². The van der Waals surface area contributed by atoms with E-state index >= 15 is 0 Å². The molecule has 0 N–H and O–H groups in total. The maximum atomic E-state index is 9.40. The van der Waals surface area contributed by atoms with E-state index in [-0.39, 0.29) is 0 Å². The number of fused-ring (bicyclic) bond motifs is 3. The molecule has 1 aliphatic rings. The van der Waals surface area contributed by atoms with Crippen molar-refractivity contribution < 1.29 is 4.74 Å². The Bertz CT molecular complexity index is 1110. The van der Waals surface area contributed by atoms with E-state index < -0.39 is 0 Å². The summed E-state index contributed by atoms with van der Waals surface area (Å²) in [5, 5.41) is 9.82. The lowest BCUT2D eigenvalue weighted by atomic mass is 9.90. The summed E-state index contributed by atoms with van der Waals surface area (Å²) in [5.41, 5.74) is 9.00. The number of nitrogens with zero attached hydrogens (tertiary/aromatic N) is 1. The largest absolute Gasteiger partial charge is 0.495 e. The third kappa shape index (κ3) is 2.76. The Balaban J connectivity index is 2.03. The second-order valence-corrected chi connectivity index (χ2v) is 7.75. The van der Waals surface area contributed by atoms with Gasteiger partial charge < -0.3 is 4.74 Å². The van der Waals surface area contributed by atoms with Crippen molar-refractivity contribution in [3.8, 4) is 34.1 Å². The highest BCUT2D eigenvalue weighted by atomic mass is 79.9. The fourth-order valence-electron chi connectivity index (χ4n) is 3.97. The van der Waals surface area contributed by atoms with E-state index in [2.05, 4.69) is 65.3 Å². The van der Waals surface area contributed by atoms with Crippen molar-refractivity contribution in [3.63, 3.8) is 0 Å². The first-order valence-corrected chi connectivity index (χ1v) is 9.97. The predicted molar refractivity (Wildman–Crippen MR) is 113 cm³/mol. The summed E-state index contributed by atoms with van der Waals surface area (Å²) in [6.45, 7) is 2.19. The van der Waals surface area contributed by atoms with Crippen LogP contribution in [0.25, 0.3) is 22.3 Å². The summed E-state index contributed by atoms with van der Waals surface area (Å²) in [5.74, 6) is 0.637. The molecule has 0 aliphatic heterocycles. The minimum Gasteiger partial charge on any atom is -0.495 e. The number of hydrogen-bond donors (Lipinski definition) is 0. The van der Waals surface area contributed by atoms with Gasteiger partial charge in [0.15, 0.2) is 0 Å². The Kier molecular flexibility index (Phi) is 4.72. The van der Waals surface area contributed by atoms with Crippen LogP contribution in [0.1, 0.15) is 29.2 Å². The first kappa shape index (κ1) is 18.1. The molecule has 0 unspecified atom stereocenters. The summed E-state index contributed by atoms with van der Waals surface area (Å²) in [4.78, 5) is 0. The second-order valence-electron chi connectivity index (χ2n) is 6.55. The van der Waals surface area contributed by atoms with Crippen LogP contribution in [-0.2, 0) is 12.8 Å². The van der Waals surface area contributed by atoms with Crippen LogP contribution in [0.4, 0.5) is 0 Å². The summed E-state index contributed by atoms with van der Waals surface area (Å²) >= 11 is 9.91. The Morgan fingerprint density at radius 3 is 2.63 bits per heavy atom. The number of benzene rings is 3. The number of methoxy groups -OCH3 is 1. The highest BCUT2D eigenvalue weighted by Gasteiger charge is 2.26. The van der Waals surface area contributed by atoms with Gasteiger partial charge in [-0.25, -0.2) is 0 Å². The average molecular weight is 439 g/mol. The Morgan fingerprint density at radius 2 is 1.93 bits per heavy atom. The highest BCUT2D eigenvalue weighted by Crippen LogP contribution is 2.48. The minimum absolute atomic E-state index is 0.391. The van der Waals surface area contributed by atoms with Crippen LogP contribution in [-0.4, -0.2) is 7.11 Å². The molecule has 3 aromatic carbocycles. The van der Waals surface area contributed by atoms with Gasteiger partial charge in [0, 0.05) is 5.56 Å². The van der Waals surface area contributed by atoms with Crippen LogP contribution in [0.2, 0.25) is 5.02 Å². The molecule has 0 radical (unpaired) electrons. The molecule has 0 saturated heterocycles. The van der Waals surface area contributed by atoms with Crippen LogP contribution in [0, 0.1) is 11.3 Å². The van der Waals surface area contributed by atoms with Gasteiger partial charge in [-0.3, -0.25) is 0 Å². The molecule has 0 amide bonds. The van der Waals surface area contributed by atoms with Gasteiger partial charge in [-0.2, -0.15) is 5.26 Å². The van der Waals surface area contributed by atoms with E-state index in [1.165, 1.54) is 27.8 Å². The number of aryl methyl sites for hydroxylation is 1.